The third-order valence-corrected chi connectivity index (χ3v) is 3.08. The highest BCUT2D eigenvalue weighted by atomic mass is 19.1. The van der Waals surface area contributed by atoms with Gasteiger partial charge < -0.3 is 15.2 Å². The van der Waals surface area contributed by atoms with Gasteiger partial charge in [-0.3, -0.25) is 14.9 Å². The Morgan fingerprint density at radius 1 is 1.21 bits per heavy atom. The number of amides is 1. The lowest BCUT2D eigenvalue weighted by Gasteiger charge is -2.32. The van der Waals surface area contributed by atoms with Gasteiger partial charge in [0.25, 0.3) is 0 Å². The van der Waals surface area contributed by atoms with Crippen LogP contribution in [0, 0.1) is 5.82 Å². The first-order valence-electron chi connectivity index (χ1n) is 7.58. The summed E-state index contributed by atoms with van der Waals surface area (Å²) in [5, 5.41) is 14.9. The SMILES string of the molecule is CC(=O)Nc1c(F)cccc1C(=O)C(C)(C)NC(O)OC(C)(C)C. The maximum Gasteiger partial charge on any atom is 0.221 e. The van der Waals surface area contributed by atoms with Crippen LogP contribution in [0.15, 0.2) is 18.2 Å². The smallest absolute Gasteiger partial charge is 0.221 e. The molecular formula is C17H25FN2O4. The molecule has 1 aromatic carbocycles. The predicted molar refractivity (Wildman–Crippen MR) is 89.1 cm³/mol. The lowest BCUT2D eigenvalue weighted by Crippen LogP contribution is -2.54. The number of hydrogen-bond acceptors (Lipinski definition) is 5. The average Bonchev–Trinajstić information content (AvgIpc) is 2.36. The molecule has 1 aromatic rings. The van der Waals surface area contributed by atoms with Crippen LogP contribution in [-0.4, -0.2) is 34.4 Å². The Bertz CT molecular complexity index is 624. The summed E-state index contributed by atoms with van der Waals surface area (Å²) < 4.78 is 19.3. The Hall–Kier alpha value is -1.83. The van der Waals surface area contributed by atoms with Gasteiger partial charge in [0.1, 0.15) is 5.82 Å². The van der Waals surface area contributed by atoms with Crippen LogP contribution in [0.4, 0.5) is 10.1 Å². The Morgan fingerprint density at radius 3 is 2.29 bits per heavy atom. The summed E-state index contributed by atoms with van der Waals surface area (Å²) in [4.78, 5) is 24.0. The van der Waals surface area contributed by atoms with Gasteiger partial charge >= 0.3 is 0 Å². The number of nitrogens with one attached hydrogen (secondary N) is 2. The fourth-order valence-corrected chi connectivity index (χ4v) is 2.09. The molecule has 0 saturated heterocycles. The highest BCUT2D eigenvalue weighted by molar-refractivity contribution is 6.09. The van der Waals surface area contributed by atoms with Crippen molar-refractivity contribution in [3.8, 4) is 0 Å². The highest BCUT2D eigenvalue weighted by Crippen LogP contribution is 2.25. The van der Waals surface area contributed by atoms with Crippen LogP contribution in [0.3, 0.4) is 0 Å². The Morgan fingerprint density at radius 2 is 1.79 bits per heavy atom. The molecule has 0 fully saturated rings. The minimum absolute atomic E-state index is 0.00524. The number of ketones is 1. The van der Waals surface area contributed by atoms with Gasteiger partial charge in [0.05, 0.1) is 16.8 Å². The second kappa shape index (κ2) is 7.38. The number of aliphatic hydroxyl groups excluding tert-OH is 1. The number of benzene rings is 1. The molecule has 24 heavy (non-hydrogen) atoms. The molecule has 0 aliphatic carbocycles. The van der Waals surface area contributed by atoms with Crippen LogP contribution in [0.1, 0.15) is 51.9 Å². The molecule has 0 heterocycles. The number of Topliss-reactive ketones (excluding diaryl/α,β-unsaturated/α-hetero) is 1. The van der Waals surface area contributed by atoms with Crippen LogP contribution < -0.4 is 10.6 Å². The molecule has 7 heteroatoms. The Balaban J connectivity index is 3.07. The number of rotatable bonds is 6. The lowest BCUT2D eigenvalue weighted by molar-refractivity contribution is -0.188. The van der Waals surface area contributed by atoms with E-state index in [2.05, 4.69) is 10.6 Å². The van der Waals surface area contributed by atoms with Gasteiger partial charge in [0.2, 0.25) is 12.3 Å². The van der Waals surface area contributed by atoms with Crippen molar-refractivity contribution in [3.05, 3.63) is 29.6 Å². The molecule has 0 spiro atoms. The first kappa shape index (κ1) is 20.2. The number of aliphatic hydroxyl groups is 1. The van der Waals surface area contributed by atoms with Crippen molar-refractivity contribution in [1.82, 2.24) is 5.32 Å². The normalized spacial score (nSPS) is 13.5. The quantitative estimate of drug-likeness (QED) is 0.547. The first-order chi connectivity index (χ1) is 10.8. The van der Waals surface area contributed by atoms with Gasteiger partial charge in [-0.1, -0.05) is 6.07 Å². The molecule has 1 rings (SSSR count). The molecule has 1 unspecified atom stereocenters. The summed E-state index contributed by atoms with van der Waals surface area (Å²) in [6, 6.07) is 3.95. The monoisotopic (exact) mass is 340 g/mol. The molecule has 0 aliphatic rings. The van der Waals surface area contributed by atoms with Crippen molar-refractivity contribution in [2.75, 3.05) is 5.32 Å². The third kappa shape index (κ3) is 5.67. The number of carbonyl (C=O) groups excluding carboxylic acids is 2. The standard InChI is InChI=1S/C17H25FN2O4/c1-10(21)19-13-11(8-7-9-12(13)18)14(22)17(5,6)20-15(23)24-16(2,3)4/h7-9,15,20,23H,1-6H3,(H,19,21). The van der Waals surface area contributed by atoms with Crippen molar-refractivity contribution >= 4 is 17.4 Å². The van der Waals surface area contributed by atoms with E-state index < -0.39 is 35.1 Å². The summed E-state index contributed by atoms with van der Waals surface area (Å²) in [6.07, 6.45) is -1.39. The largest absolute Gasteiger partial charge is 0.356 e. The van der Waals surface area contributed by atoms with Crippen molar-refractivity contribution in [2.24, 2.45) is 0 Å². The molecule has 3 N–H and O–H groups in total. The summed E-state index contributed by atoms with van der Waals surface area (Å²) in [5.74, 6) is -1.70. The molecule has 0 aliphatic heterocycles. The van der Waals surface area contributed by atoms with E-state index >= 15 is 0 Å². The Labute approximate surface area is 141 Å². The van der Waals surface area contributed by atoms with Gasteiger partial charge in [0, 0.05) is 12.5 Å². The highest BCUT2D eigenvalue weighted by Gasteiger charge is 2.34. The van der Waals surface area contributed by atoms with E-state index in [9.17, 15) is 19.1 Å². The molecule has 1 amide bonds. The van der Waals surface area contributed by atoms with E-state index in [1.54, 1.807) is 20.8 Å². The minimum Gasteiger partial charge on any atom is -0.356 e. The summed E-state index contributed by atoms with van der Waals surface area (Å²) in [7, 11) is 0. The van der Waals surface area contributed by atoms with E-state index in [-0.39, 0.29) is 11.3 Å². The summed E-state index contributed by atoms with van der Waals surface area (Å²) in [6.45, 7) is 9.57. The van der Waals surface area contributed by atoms with Crippen LogP contribution >= 0.6 is 0 Å². The second-order valence-corrected chi connectivity index (χ2v) is 7.02. The number of para-hydroxylation sites is 1. The minimum atomic E-state index is -1.39. The number of carbonyl (C=O) groups is 2. The molecule has 0 radical (unpaired) electrons. The molecule has 0 bridgehead atoms. The summed E-state index contributed by atoms with van der Waals surface area (Å²) >= 11 is 0. The molecule has 0 saturated carbocycles. The van der Waals surface area contributed by atoms with Crippen molar-refractivity contribution in [2.45, 2.75) is 59.1 Å². The molecule has 1 atom stereocenters. The van der Waals surface area contributed by atoms with Crippen LogP contribution in [0.2, 0.25) is 0 Å². The van der Waals surface area contributed by atoms with Crippen molar-refractivity contribution < 1.29 is 23.8 Å². The predicted octanol–water partition coefficient (Wildman–Crippen LogP) is 2.43. The Kier molecular flexibility index (Phi) is 6.21. The molecular weight excluding hydrogens is 315 g/mol. The second-order valence-electron chi connectivity index (χ2n) is 7.02. The number of hydrogen-bond donors (Lipinski definition) is 3. The number of ether oxygens (including phenoxy) is 1. The maximum atomic E-state index is 14.0. The number of halogens is 1. The van der Waals surface area contributed by atoms with E-state index in [1.165, 1.54) is 32.9 Å². The number of anilines is 1. The average molecular weight is 340 g/mol. The van der Waals surface area contributed by atoms with E-state index in [1.807, 2.05) is 0 Å². The summed E-state index contributed by atoms with van der Waals surface area (Å²) in [5.41, 5.74) is -2.06. The van der Waals surface area contributed by atoms with Gasteiger partial charge in [-0.25, -0.2) is 4.39 Å². The molecule has 0 aromatic heterocycles. The van der Waals surface area contributed by atoms with Crippen molar-refractivity contribution in [1.29, 1.82) is 0 Å². The first-order valence-corrected chi connectivity index (χ1v) is 7.58. The molecule has 134 valence electrons. The topological polar surface area (TPSA) is 87.7 Å². The van der Waals surface area contributed by atoms with E-state index in [4.69, 9.17) is 4.74 Å². The fourth-order valence-electron chi connectivity index (χ4n) is 2.09. The maximum absolute atomic E-state index is 14.0. The lowest BCUT2D eigenvalue weighted by atomic mass is 9.92. The zero-order valence-electron chi connectivity index (χ0n) is 14.9. The van der Waals surface area contributed by atoms with Gasteiger partial charge in [0.15, 0.2) is 5.78 Å². The van der Waals surface area contributed by atoms with Crippen LogP contribution in [0.5, 0.6) is 0 Å². The van der Waals surface area contributed by atoms with Crippen molar-refractivity contribution in [3.63, 3.8) is 0 Å². The van der Waals surface area contributed by atoms with Gasteiger partial charge in [-0.15, -0.1) is 0 Å². The van der Waals surface area contributed by atoms with Crippen LogP contribution in [0.25, 0.3) is 0 Å². The third-order valence-electron chi connectivity index (χ3n) is 3.08. The van der Waals surface area contributed by atoms with E-state index in [0.717, 1.165) is 6.07 Å². The zero-order valence-corrected chi connectivity index (χ0v) is 14.9. The fraction of sp³-hybridized carbons (Fsp3) is 0.529. The van der Waals surface area contributed by atoms with E-state index in [0.29, 0.717) is 0 Å². The molecule has 6 nitrogen and oxygen atoms in total. The zero-order chi connectivity index (χ0) is 18.7. The van der Waals surface area contributed by atoms with Crippen LogP contribution in [-0.2, 0) is 9.53 Å². The van der Waals surface area contributed by atoms with Gasteiger partial charge in [-0.05, 0) is 46.8 Å². The van der Waals surface area contributed by atoms with Gasteiger partial charge in [-0.2, -0.15) is 0 Å².